The van der Waals surface area contributed by atoms with Crippen LogP contribution in [-0.2, 0) is 19.5 Å². The van der Waals surface area contributed by atoms with Crippen LogP contribution in [0.4, 0.5) is 0 Å². The second-order valence-corrected chi connectivity index (χ2v) is 8.00. The lowest BCUT2D eigenvalue weighted by molar-refractivity contribution is 0.239. The molecule has 0 aromatic carbocycles. The molecule has 7 heteroatoms. The molecule has 2 aromatic rings. The fourth-order valence-electron chi connectivity index (χ4n) is 4.02. The van der Waals surface area contributed by atoms with Crippen molar-refractivity contribution in [3.8, 4) is 0 Å². The highest BCUT2D eigenvalue weighted by molar-refractivity contribution is 6.32. The lowest BCUT2D eigenvalue weighted by Crippen LogP contribution is -2.35. The van der Waals surface area contributed by atoms with E-state index in [2.05, 4.69) is 14.9 Å². The third kappa shape index (κ3) is 3.80. The molecule has 26 heavy (non-hydrogen) atoms. The number of aromatic nitrogens is 3. The molecule has 138 valence electrons. The largest absolute Gasteiger partial charge is 0.310 e. The highest BCUT2D eigenvalue weighted by atomic mass is 35.5. The predicted molar refractivity (Wildman–Crippen MR) is 103 cm³/mol. The maximum absolute atomic E-state index is 12.5. The van der Waals surface area contributed by atoms with Crippen molar-refractivity contribution in [2.75, 3.05) is 6.54 Å². The Balaban J connectivity index is 1.55. The quantitative estimate of drug-likeness (QED) is 0.799. The summed E-state index contributed by atoms with van der Waals surface area (Å²) in [6.07, 6.45) is 6.69. The molecule has 0 amide bonds. The minimum absolute atomic E-state index is 0.0430. The van der Waals surface area contributed by atoms with E-state index >= 15 is 0 Å². The van der Waals surface area contributed by atoms with Gasteiger partial charge in [-0.1, -0.05) is 48.5 Å². The first-order valence-electron chi connectivity index (χ1n) is 9.25. The maximum Gasteiger partial charge on any atom is 0.254 e. The fourth-order valence-corrected chi connectivity index (χ4v) is 4.42. The molecule has 1 fully saturated rings. The SMILES string of the molecule is O=c1[nH]c(C2CCCCC2)nc2c1CCN(Cc1ccc(Cl)nc1Cl)C2. The highest BCUT2D eigenvalue weighted by Crippen LogP contribution is 2.31. The smallest absolute Gasteiger partial charge is 0.254 e. The lowest BCUT2D eigenvalue weighted by atomic mass is 9.88. The minimum atomic E-state index is 0.0430. The Kier molecular flexibility index (Phi) is 5.30. The molecule has 2 aliphatic rings. The van der Waals surface area contributed by atoms with E-state index in [1.807, 2.05) is 6.07 Å². The van der Waals surface area contributed by atoms with E-state index in [0.29, 0.717) is 35.7 Å². The average molecular weight is 393 g/mol. The van der Waals surface area contributed by atoms with E-state index in [9.17, 15) is 4.79 Å². The summed E-state index contributed by atoms with van der Waals surface area (Å²) in [7, 11) is 0. The van der Waals surface area contributed by atoms with Crippen LogP contribution in [0.1, 0.15) is 60.7 Å². The van der Waals surface area contributed by atoms with Crippen molar-refractivity contribution < 1.29 is 0 Å². The molecule has 4 rings (SSSR count). The standard InChI is InChI=1S/C19H22Cl2N4O/c20-16-7-6-13(17(21)23-16)10-25-9-8-14-15(11-25)22-18(24-19(14)26)12-4-2-1-3-5-12/h6-7,12H,1-5,8-11H2,(H,22,24,26). The fraction of sp³-hybridized carbons (Fsp3) is 0.526. The number of aromatic amines is 1. The van der Waals surface area contributed by atoms with E-state index in [1.54, 1.807) is 6.07 Å². The molecular weight excluding hydrogens is 371 g/mol. The molecule has 1 aliphatic heterocycles. The zero-order valence-corrected chi connectivity index (χ0v) is 16.1. The summed E-state index contributed by atoms with van der Waals surface area (Å²) < 4.78 is 0. The Bertz CT molecular complexity index is 861. The number of hydrogen-bond acceptors (Lipinski definition) is 4. The third-order valence-electron chi connectivity index (χ3n) is 5.45. The first-order valence-corrected chi connectivity index (χ1v) is 10.0. The van der Waals surface area contributed by atoms with Crippen LogP contribution < -0.4 is 5.56 Å². The van der Waals surface area contributed by atoms with Gasteiger partial charge in [-0.2, -0.15) is 0 Å². The number of pyridine rings is 1. The van der Waals surface area contributed by atoms with E-state index in [4.69, 9.17) is 28.2 Å². The first-order chi connectivity index (χ1) is 12.6. The average Bonchev–Trinajstić information content (AvgIpc) is 2.64. The molecule has 1 saturated carbocycles. The second kappa shape index (κ2) is 7.67. The van der Waals surface area contributed by atoms with Gasteiger partial charge >= 0.3 is 0 Å². The molecule has 0 bridgehead atoms. The van der Waals surface area contributed by atoms with Gasteiger partial charge in [0.25, 0.3) is 5.56 Å². The number of nitrogens with one attached hydrogen (secondary N) is 1. The zero-order chi connectivity index (χ0) is 18.1. The zero-order valence-electron chi connectivity index (χ0n) is 14.6. The molecule has 0 spiro atoms. The molecule has 2 aromatic heterocycles. The number of fused-ring (bicyclic) bond motifs is 1. The summed E-state index contributed by atoms with van der Waals surface area (Å²) in [5.74, 6) is 1.27. The van der Waals surface area contributed by atoms with Crippen molar-refractivity contribution in [2.45, 2.75) is 57.5 Å². The van der Waals surface area contributed by atoms with E-state index < -0.39 is 0 Å². The number of rotatable bonds is 3. The van der Waals surface area contributed by atoms with Gasteiger partial charge in [0, 0.05) is 36.7 Å². The van der Waals surface area contributed by atoms with Gasteiger partial charge in [-0.05, 0) is 25.3 Å². The number of hydrogen-bond donors (Lipinski definition) is 1. The highest BCUT2D eigenvalue weighted by Gasteiger charge is 2.24. The van der Waals surface area contributed by atoms with Gasteiger partial charge in [0.2, 0.25) is 0 Å². The topological polar surface area (TPSA) is 61.9 Å². The maximum atomic E-state index is 12.5. The molecule has 1 N–H and O–H groups in total. The van der Waals surface area contributed by atoms with Crippen LogP contribution in [0.25, 0.3) is 0 Å². The molecule has 1 aliphatic carbocycles. The summed E-state index contributed by atoms with van der Waals surface area (Å²) in [6, 6.07) is 3.66. The van der Waals surface area contributed by atoms with Gasteiger partial charge in [0.1, 0.15) is 16.1 Å². The molecular formula is C19H22Cl2N4O. The number of H-pyrrole nitrogens is 1. The van der Waals surface area contributed by atoms with E-state index in [0.717, 1.165) is 42.0 Å². The van der Waals surface area contributed by atoms with Crippen molar-refractivity contribution in [3.05, 3.63) is 55.4 Å². The summed E-state index contributed by atoms with van der Waals surface area (Å²) in [5.41, 5.74) is 2.73. The van der Waals surface area contributed by atoms with Crippen LogP contribution in [0, 0.1) is 0 Å². The van der Waals surface area contributed by atoms with Crippen molar-refractivity contribution >= 4 is 23.2 Å². The van der Waals surface area contributed by atoms with Gasteiger partial charge in [0.15, 0.2) is 0 Å². The predicted octanol–water partition coefficient (Wildman–Crippen LogP) is 4.08. The summed E-state index contributed by atoms with van der Waals surface area (Å²) in [6.45, 7) is 2.15. The summed E-state index contributed by atoms with van der Waals surface area (Å²) in [4.78, 5) is 26.8. The van der Waals surface area contributed by atoms with Crippen molar-refractivity contribution in [1.29, 1.82) is 0 Å². The molecule has 0 radical (unpaired) electrons. The Morgan fingerprint density at radius 1 is 1.15 bits per heavy atom. The van der Waals surface area contributed by atoms with Crippen LogP contribution in [-0.4, -0.2) is 26.4 Å². The van der Waals surface area contributed by atoms with Crippen LogP contribution in [0.3, 0.4) is 0 Å². The van der Waals surface area contributed by atoms with E-state index in [1.165, 1.54) is 19.3 Å². The van der Waals surface area contributed by atoms with Crippen LogP contribution >= 0.6 is 23.2 Å². The van der Waals surface area contributed by atoms with Crippen LogP contribution in [0.5, 0.6) is 0 Å². The Hall–Kier alpha value is -1.43. The third-order valence-corrected chi connectivity index (χ3v) is 5.99. The minimum Gasteiger partial charge on any atom is -0.310 e. The van der Waals surface area contributed by atoms with Crippen LogP contribution in [0.15, 0.2) is 16.9 Å². The van der Waals surface area contributed by atoms with Gasteiger partial charge < -0.3 is 4.98 Å². The number of nitrogens with zero attached hydrogens (tertiary/aromatic N) is 3. The van der Waals surface area contributed by atoms with Gasteiger partial charge in [-0.15, -0.1) is 0 Å². The number of halogens is 2. The van der Waals surface area contributed by atoms with Crippen molar-refractivity contribution in [3.63, 3.8) is 0 Å². The molecule has 3 heterocycles. The Morgan fingerprint density at radius 3 is 2.73 bits per heavy atom. The molecule has 0 saturated heterocycles. The lowest BCUT2D eigenvalue weighted by Gasteiger charge is -2.29. The molecule has 5 nitrogen and oxygen atoms in total. The van der Waals surface area contributed by atoms with Crippen molar-refractivity contribution in [1.82, 2.24) is 19.9 Å². The van der Waals surface area contributed by atoms with Gasteiger partial charge in [-0.25, -0.2) is 9.97 Å². The molecule has 0 unspecified atom stereocenters. The summed E-state index contributed by atoms with van der Waals surface area (Å²) >= 11 is 12.1. The first kappa shape index (κ1) is 18.0. The summed E-state index contributed by atoms with van der Waals surface area (Å²) in [5, 5.41) is 0.832. The van der Waals surface area contributed by atoms with Gasteiger partial charge in [0.05, 0.1) is 5.69 Å². The van der Waals surface area contributed by atoms with Crippen LogP contribution in [0.2, 0.25) is 10.3 Å². The monoisotopic (exact) mass is 392 g/mol. The normalized spacial score (nSPS) is 18.7. The molecule has 0 atom stereocenters. The van der Waals surface area contributed by atoms with E-state index in [-0.39, 0.29) is 5.56 Å². The Morgan fingerprint density at radius 2 is 1.96 bits per heavy atom. The Labute approximate surface area is 162 Å². The van der Waals surface area contributed by atoms with Gasteiger partial charge in [-0.3, -0.25) is 9.69 Å². The van der Waals surface area contributed by atoms with Crippen molar-refractivity contribution in [2.24, 2.45) is 0 Å². The second-order valence-electron chi connectivity index (χ2n) is 7.26.